The second-order valence-corrected chi connectivity index (χ2v) is 7.84. The van der Waals surface area contributed by atoms with Gasteiger partial charge in [0.25, 0.3) is 0 Å². The summed E-state index contributed by atoms with van der Waals surface area (Å²) in [5.41, 5.74) is 0. The first-order valence-corrected chi connectivity index (χ1v) is 9.80. The Bertz CT molecular complexity index is 439. The summed E-state index contributed by atoms with van der Waals surface area (Å²) in [6, 6.07) is 0.558. The molecule has 3 aliphatic heterocycles. The third kappa shape index (κ3) is 5.29. The predicted octanol–water partition coefficient (Wildman–Crippen LogP) is -0.538. The van der Waals surface area contributed by atoms with Crippen molar-refractivity contribution in [3.63, 3.8) is 0 Å². The molecule has 3 heterocycles. The van der Waals surface area contributed by atoms with Gasteiger partial charge in [0.05, 0.1) is 13.2 Å². The number of ether oxygens (including phenoxy) is 1. The van der Waals surface area contributed by atoms with Crippen LogP contribution in [0.25, 0.3) is 0 Å². The SMILES string of the molecule is CN=C(NCC1CN(C)CCN1C)N1CCC(CN2CCOCC2)C1. The van der Waals surface area contributed by atoms with Gasteiger partial charge in [0.2, 0.25) is 0 Å². The van der Waals surface area contributed by atoms with Crippen molar-refractivity contribution in [2.24, 2.45) is 10.9 Å². The molecule has 144 valence electrons. The van der Waals surface area contributed by atoms with E-state index in [9.17, 15) is 0 Å². The standard InChI is InChI=1S/C18H36N6O/c1-19-18(20-12-17-15-21(2)6-7-22(17)3)24-5-4-16(14-24)13-23-8-10-25-11-9-23/h16-17H,4-15H2,1-3H3,(H,19,20). The van der Waals surface area contributed by atoms with Gasteiger partial charge in [0.15, 0.2) is 5.96 Å². The third-order valence-corrected chi connectivity index (χ3v) is 5.89. The average Bonchev–Trinajstić information content (AvgIpc) is 3.07. The van der Waals surface area contributed by atoms with E-state index in [1.165, 1.54) is 13.0 Å². The van der Waals surface area contributed by atoms with Crippen molar-refractivity contribution in [1.29, 1.82) is 0 Å². The maximum absolute atomic E-state index is 5.46. The van der Waals surface area contributed by atoms with Crippen LogP contribution >= 0.6 is 0 Å². The van der Waals surface area contributed by atoms with Gasteiger partial charge in [-0.25, -0.2) is 0 Å². The van der Waals surface area contributed by atoms with Crippen LogP contribution in [-0.4, -0.2) is 125 Å². The molecule has 3 fully saturated rings. The molecule has 7 heteroatoms. The molecule has 0 spiro atoms. The summed E-state index contributed by atoms with van der Waals surface area (Å²) in [5, 5.41) is 3.63. The van der Waals surface area contributed by atoms with Gasteiger partial charge < -0.3 is 19.9 Å². The molecule has 0 amide bonds. The zero-order valence-electron chi connectivity index (χ0n) is 16.3. The van der Waals surface area contributed by atoms with Crippen molar-refractivity contribution >= 4 is 5.96 Å². The van der Waals surface area contributed by atoms with Crippen molar-refractivity contribution in [1.82, 2.24) is 24.9 Å². The molecular formula is C18H36N6O. The minimum absolute atomic E-state index is 0.558. The van der Waals surface area contributed by atoms with Gasteiger partial charge in [-0.3, -0.25) is 14.8 Å². The second-order valence-electron chi connectivity index (χ2n) is 7.84. The van der Waals surface area contributed by atoms with E-state index < -0.39 is 0 Å². The number of likely N-dealkylation sites (N-methyl/N-ethyl adjacent to an activating group) is 2. The third-order valence-electron chi connectivity index (χ3n) is 5.89. The van der Waals surface area contributed by atoms with Gasteiger partial charge in [-0.05, 0) is 26.4 Å². The first kappa shape index (κ1) is 18.9. The number of morpholine rings is 1. The van der Waals surface area contributed by atoms with E-state index in [-0.39, 0.29) is 0 Å². The molecule has 7 nitrogen and oxygen atoms in total. The van der Waals surface area contributed by atoms with Gasteiger partial charge in [0, 0.05) is 72.0 Å². The molecule has 25 heavy (non-hydrogen) atoms. The Morgan fingerprint density at radius 1 is 1.08 bits per heavy atom. The molecule has 0 aliphatic carbocycles. The Morgan fingerprint density at radius 2 is 1.88 bits per heavy atom. The number of guanidine groups is 1. The molecule has 3 aliphatic rings. The van der Waals surface area contributed by atoms with Crippen LogP contribution in [0.2, 0.25) is 0 Å². The molecule has 0 bridgehead atoms. The highest BCUT2D eigenvalue weighted by Crippen LogP contribution is 2.18. The molecule has 0 radical (unpaired) electrons. The molecule has 0 aromatic rings. The number of likely N-dealkylation sites (tertiary alicyclic amines) is 1. The minimum Gasteiger partial charge on any atom is -0.379 e. The molecule has 1 N–H and O–H groups in total. The Balaban J connectivity index is 1.43. The van der Waals surface area contributed by atoms with Crippen molar-refractivity contribution in [3.8, 4) is 0 Å². The van der Waals surface area contributed by atoms with Crippen LogP contribution in [0, 0.1) is 5.92 Å². The highest BCUT2D eigenvalue weighted by atomic mass is 16.5. The number of rotatable bonds is 4. The number of hydrogen-bond acceptors (Lipinski definition) is 5. The second kappa shape index (κ2) is 9.16. The average molecular weight is 353 g/mol. The molecule has 2 unspecified atom stereocenters. The van der Waals surface area contributed by atoms with E-state index in [4.69, 9.17) is 4.74 Å². The Kier molecular flexibility index (Phi) is 6.92. The summed E-state index contributed by atoms with van der Waals surface area (Å²) in [4.78, 5) is 14.4. The fourth-order valence-electron chi connectivity index (χ4n) is 4.19. The van der Waals surface area contributed by atoms with E-state index in [1.807, 2.05) is 7.05 Å². The highest BCUT2D eigenvalue weighted by Gasteiger charge is 2.28. The van der Waals surface area contributed by atoms with E-state index in [1.54, 1.807) is 0 Å². The van der Waals surface area contributed by atoms with Crippen molar-refractivity contribution < 1.29 is 4.74 Å². The van der Waals surface area contributed by atoms with Crippen LogP contribution in [0.1, 0.15) is 6.42 Å². The fourth-order valence-corrected chi connectivity index (χ4v) is 4.19. The highest BCUT2D eigenvalue weighted by molar-refractivity contribution is 5.80. The van der Waals surface area contributed by atoms with Crippen molar-refractivity contribution in [2.45, 2.75) is 12.5 Å². The summed E-state index contributed by atoms with van der Waals surface area (Å²) in [6.45, 7) is 11.8. The van der Waals surface area contributed by atoms with E-state index >= 15 is 0 Å². The van der Waals surface area contributed by atoms with E-state index in [0.29, 0.717) is 6.04 Å². The van der Waals surface area contributed by atoms with Crippen molar-refractivity contribution in [3.05, 3.63) is 0 Å². The Hall–Kier alpha value is -0.890. The molecule has 3 rings (SSSR count). The molecule has 0 aromatic heterocycles. The van der Waals surface area contributed by atoms with E-state index in [0.717, 1.165) is 77.4 Å². The number of aliphatic imine (C=N–C) groups is 1. The lowest BCUT2D eigenvalue weighted by molar-refractivity contribution is 0.0315. The van der Waals surface area contributed by atoms with Gasteiger partial charge in [-0.15, -0.1) is 0 Å². The number of hydrogen-bond donors (Lipinski definition) is 1. The Morgan fingerprint density at radius 3 is 2.64 bits per heavy atom. The lowest BCUT2D eigenvalue weighted by Gasteiger charge is -2.38. The Labute approximate surface area is 153 Å². The number of nitrogens with zero attached hydrogens (tertiary/aromatic N) is 5. The zero-order valence-corrected chi connectivity index (χ0v) is 16.3. The monoisotopic (exact) mass is 352 g/mol. The van der Waals surface area contributed by atoms with Gasteiger partial charge >= 0.3 is 0 Å². The summed E-state index contributed by atoms with van der Waals surface area (Å²) in [6.07, 6.45) is 1.27. The number of piperazine rings is 1. The predicted molar refractivity (Wildman–Crippen MR) is 102 cm³/mol. The van der Waals surface area contributed by atoms with Crippen LogP contribution in [0.15, 0.2) is 4.99 Å². The lowest BCUT2D eigenvalue weighted by Crippen LogP contribution is -2.55. The summed E-state index contributed by atoms with van der Waals surface area (Å²) in [7, 11) is 6.36. The maximum atomic E-state index is 5.46. The molecule has 0 aromatic carbocycles. The van der Waals surface area contributed by atoms with Crippen molar-refractivity contribution in [2.75, 3.05) is 93.3 Å². The van der Waals surface area contributed by atoms with Crippen LogP contribution < -0.4 is 5.32 Å². The summed E-state index contributed by atoms with van der Waals surface area (Å²) >= 11 is 0. The smallest absolute Gasteiger partial charge is 0.193 e. The molecular weight excluding hydrogens is 316 g/mol. The first-order chi connectivity index (χ1) is 12.2. The maximum Gasteiger partial charge on any atom is 0.193 e. The van der Waals surface area contributed by atoms with Crippen LogP contribution in [-0.2, 0) is 4.74 Å². The zero-order chi connectivity index (χ0) is 17.6. The van der Waals surface area contributed by atoms with Crippen LogP contribution in [0.3, 0.4) is 0 Å². The first-order valence-electron chi connectivity index (χ1n) is 9.80. The number of nitrogens with one attached hydrogen (secondary N) is 1. The fraction of sp³-hybridized carbons (Fsp3) is 0.944. The molecule has 3 saturated heterocycles. The van der Waals surface area contributed by atoms with Crippen LogP contribution in [0.5, 0.6) is 0 Å². The normalized spacial score (nSPS) is 30.8. The summed E-state index contributed by atoms with van der Waals surface area (Å²) < 4.78 is 5.46. The largest absolute Gasteiger partial charge is 0.379 e. The van der Waals surface area contributed by atoms with Crippen LogP contribution in [0.4, 0.5) is 0 Å². The lowest BCUT2D eigenvalue weighted by atomic mass is 10.1. The van der Waals surface area contributed by atoms with E-state index in [2.05, 4.69) is 44.0 Å². The quantitative estimate of drug-likeness (QED) is 0.542. The molecule has 2 atom stereocenters. The topological polar surface area (TPSA) is 46.6 Å². The van der Waals surface area contributed by atoms with Gasteiger partial charge in [-0.2, -0.15) is 0 Å². The minimum atomic E-state index is 0.558. The van der Waals surface area contributed by atoms with Gasteiger partial charge in [0.1, 0.15) is 0 Å². The summed E-state index contributed by atoms with van der Waals surface area (Å²) in [5.74, 6) is 1.83. The van der Waals surface area contributed by atoms with Gasteiger partial charge in [-0.1, -0.05) is 0 Å². The molecule has 0 saturated carbocycles.